The number of nitrogens with one attached hydrogen (secondary N) is 1. The molecule has 5 heteroatoms. The van der Waals surface area contributed by atoms with E-state index in [1.165, 1.54) is 0 Å². The van der Waals surface area contributed by atoms with E-state index in [4.69, 9.17) is 9.26 Å². The second-order valence-electron chi connectivity index (χ2n) is 3.93. The smallest absolute Gasteiger partial charge is 0.321 e. The summed E-state index contributed by atoms with van der Waals surface area (Å²) in [5.74, 6) is 1.58. The van der Waals surface area contributed by atoms with Crippen molar-refractivity contribution in [3.05, 3.63) is 35.7 Å². The molecule has 1 N–H and O–H groups in total. The van der Waals surface area contributed by atoms with Gasteiger partial charge in [0.05, 0.1) is 7.11 Å². The largest absolute Gasteiger partial charge is 0.496 e. The summed E-state index contributed by atoms with van der Waals surface area (Å²) in [4.78, 5) is 4.24. The molecule has 1 aromatic carbocycles. The fraction of sp³-hybridized carbons (Fsp3) is 0.385. The number of methoxy groups -OCH3 is 1. The molecule has 0 radical (unpaired) electrons. The van der Waals surface area contributed by atoms with Crippen LogP contribution in [0.3, 0.4) is 0 Å². The first-order chi connectivity index (χ1) is 8.83. The van der Waals surface area contributed by atoms with Gasteiger partial charge in [0.25, 0.3) is 0 Å². The predicted molar refractivity (Wildman–Crippen MR) is 68.6 cm³/mol. The van der Waals surface area contributed by atoms with Crippen LogP contribution in [0.25, 0.3) is 0 Å². The molecule has 0 fully saturated rings. The minimum absolute atomic E-state index is 0.448. The van der Waals surface area contributed by atoms with Gasteiger partial charge in [-0.05, 0) is 12.5 Å². The molecule has 0 aliphatic rings. The molecule has 0 saturated heterocycles. The highest BCUT2D eigenvalue weighted by molar-refractivity contribution is 5.35. The number of aromatic nitrogens is 2. The van der Waals surface area contributed by atoms with Gasteiger partial charge >= 0.3 is 6.01 Å². The van der Waals surface area contributed by atoms with Crippen molar-refractivity contribution in [3.8, 4) is 5.75 Å². The molecule has 0 aliphatic heterocycles. The lowest BCUT2D eigenvalue weighted by molar-refractivity contribution is 0.408. The first-order valence-corrected chi connectivity index (χ1v) is 6.02. The number of rotatable bonds is 6. The predicted octanol–water partition coefficient (Wildman–Crippen LogP) is 2.64. The molecule has 1 aromatic heterocycles. The van der Waals surface area contributed by atoms with E-state index < -0.39 is 0 Å². The van der Waals surface area contributed by atoms with E-state index in [1.807, 2.05) is 24.3 Å². The molecule has 2 aromatic rings. The summed E-state index contributed by atoms with van der Waals surface area (Å²) in [5, 5.41) is 6.98. The normalized spacial score (nSPS) is 10.3. The van der Waals surface area contributed by atoms with E-state index in [1.54, 1.807) is 7.11 Å². The number of aryl methyl sites for hydroxylation is 1. The van der Waals surface area contributed by atoms with E-state index in [0.717, 1.165) is 30.0 Å². The van der Waals surface area contributed by atoms with Crippen LogP contribution < -0.4 is 10.1 Å². The number of nitrogens with zero attached hydrogens (tertiary/aromatic N) is 2. The Labute approximate surface area is 106 Å². The minimum atomic E-state index is 0.448. The van der Waals surface area contributed by atoms with Gasteiger partial charge in [0.2, 0.25) is 0 Å². The summed E-state index contributed by atoms with van der Waals surface area (Å²) in [6.07, 6.45) is 1.84. The van der Waals surface area contributed by atoms with Gasteiger partial charge < -0.3 is 14.6 Å². The van der Waals surface area contributed by atoms with Crippen molar-refractivity contribution < 1.29 is 9.26 Å². The molecule has 96 valence electrons. The first-order valence-electron chi connectivity index (χ1n) is 6.02. The molecule has 0 bridgehead atoms. The fourth-order valence-electron chi connectivity index (χ4n) is 1.67. The lowest BCUT2D eigenvalue weighted by Gasteiger charge is -2.07. The maximum atomic E-state index is 5.27. The Morgan fingerprint density at radius 1 is 1.33 bits per heavy atom. The number of benzene rings is 1. The van der Waals surface area contributed by atoms with Crippen molar-refractivity contribution in [2.45, 2.75) is 26.3 Å². The van der Waals surface area contributed by atoms with Gasteiger partial charge in [0.1, 0.15) is 5.75 Å². The third-order valence-electron chi connectivity index (χ3n) is 2.56. The number of ether oxygens (including phenoxy) is 1. The molecule has 0 amide bonds. The van der Waals surface area contributed by atoms with Crippen molar-refractivity contribution in [3.63, 3.8) is 0 Å². The molecule has 0 saturated carbocycles. The maximum Gasteiger partial charge on any atom is 0.321 e. The van der Waals surface area contributed by atoms with Crippen molar-refractivity contribution in [1.29, 1.82) is 0 Å². The van der Waals surface area contributed by atoms with E-state index in [9.17, 15) is 0 Å². The summed E-state index contributed by atoms with van der Waals surface area (Å²) in [6, 6.07) is 8.27. The van der Waals surface area contributed by atoms with Gasteiger partial charge in [0, 0.05) is 18.5 Å². The van der Waals surface area contributed by atoms with Crippen molar-refractivity contribution in [2.75, 3.05) is 12.4 Å². The lowest BCUT2D eigenvalue weighted by atomic mass is 10.2. The van der Waals surface area contributed by atoms with Crippen molar-refractivity contribution in [1.82, 2.24) is 10.1 Å². The zero-order valence-electron chi connectivity index (χ0n) is 10.6. The lowest BCUT2D eigenvalue weighted by Crippen LogP contribution is -2.01. The summed E-state index contributed by atoms with van der Waals surface area (Å²) in [5.41, 5.74) is 1.05. The highest BCUT2D eigenvalue weighted by Crippen LogP contribution is 2.18. The second-order valence-corrected chi connectivity index (χ2v) is 3.93. The molecular weight excluding hydrogens is 230 g/mol. The molecule has 0 unspecified atom stereocenters. The van der Waals surface area contributed by atoms with E-state index in [0.29, 0.717) is 12.6 Å². The molecule has 5 nitrogen and oxygen atoms in total. The van der Waals surface area contributed by atoms with Crippen LogP contribution in [-0.2, 0) is 13.0 Å². The minimum Gasteiger partial charge on any atom is -0.496 e. The van der Waals surface area contributed by atoms with Crippen LogP contribution in [0.4, 0.5) is 6.01 Å². The van der Waals surface area contributed by atoms with Gasteiger partial charge in [-0.15, -0.1) is 0 Å². The fourth-order valence-corrected chi connectivity index (χ4v) is 1.67. The monoisotopic (exact) mass is 247 g/mol. The average Bonchev–Trinajstić information content (AvgIpc) is 2.85. The highest BCUT2D eigenvalue weighted by atomic mass is 16.5. The summed E-state index contributed by atoms with van der Waals surface area (Å²) in [6.45, 7) is 2.68. The van der Waals surface area contributed by atoms with Crippen molar-refractivity contribution >= 4 is 6.01 Å². The van der Waals surface area contributed by atoms with E-state index >= 15 is 0 Å². The quantitative estimate of drug-likeness (QED) is 0.850. The van der Waals surface area contributed by atoms with Crippen molar-refractivity contribution in [2.24, 2.45) is 0 Å². The van der Waals surface area contributed by atoms with Gasteiger partial charge in [0.15, 0.2) is 5.82 Å². The Balaban J connectivity index is 1.97. The van der Waals surface area contributed by atoms with Gasteiger partial charge in [-0.2, -0.15) is 4.98 Å². The highest BCUT2D eigenvalue weighted by Gasteiger charge is 2.06. The Morgan fingerprint density at radius 3 is 2.94 bits per heavy atom. The molecule has 0 atom stereocenters. The molecule has 0 aliphatic carbocycles. The number of anilines is 1. The zero-order chi connectivity index (χ0) is 12.8. The Bertz CT molecular complexity index is 496. The van der Waals surface area contributed by atoms with Crippen LogP contribution in [0.15, 0.2) is 28.8 Å². The number of para-hydroxylation sites is 1. The molecular formula is C13H17N3O2. The van der Waals surface area contributed by atoms with Crippen LogP contribution in [-0.4, -0.2) is 17.3 Å². The second kappa shape index (κ2) is 6.05. The molecule has 2 rings (SSSR count). The van der Waals surface area contributed by atoms with E-state index in [2.05, 4.69) is 22.4 Å². The van der Waals surface area contributed by atoms with Crippen LogP contribution in [0.1, 0.15) is 24.7 Å². The molecule has 18 heavy (non-hydrogen) atoms. The summed E-state index contributed by atoms with van der Waals surface area (Å²) < 4.78 is 10.4. The molecule has 1 heterocycles. The topological polar surface area (TPSA) is 60.2 Å². The van der Waals surface area contributed by atoms with Crippen LogP contribution in [0.5, 0.6) is 5.75 Å². The maximum absolute atomic E-state index is 5.27. The number of hydrogen-bond donors (Lipinski definition) is 1. The summed E-state index contributed by atoms with van der Waals surface area (Å²) in [7, 11) is 1.66. The first kappa shape index (κ1) is 12.4. The number of hydrogen-bond acceptors (Lipinski definition) is 5. The van der Waals surface area contributed by atoms with E-state index in [-0.39, 0.29) is 0 Å². The van der Waals surface area contributed by atoms with Crippen LogP contribution in [0, 0.1) is 0 Å². The molecule has 0 spiro atoms. The average molecular weight is 247 g/mol. The third kappa shape index (κ3) is 3.00. The standard InChI is InChI=1S/C13H17N3O2/c1-3-6-12-15-13(18-16-12)14-9-10-7-4-5-8-11(10)17-2/h4-5,7-8H,3,6,9H2,1-2H3,(H,14,15,16). The Kier molecular flexibility index (Phi) is 4.17. The van der Waals surface area contributed by atoms with Gasteiger partial charge in [-0.3, -0.25) is 0 Å². The van der Waals surface area contributed by atoms with Crippen LogP contribution >= 0.6 is 0 Å². The van der Waals surface area contributed by atoms with Gasteiger partial charge in [-0.25, -0.2) is 0 Å². The Morgan fingerprint density at radius 2 is 2.17 bits per heavy atom. The van der Waals surface area contributed by atoms with Gasteiger partial charge in [-0.1, -0.05) is 30.3 Å². The third-order valence-corrected chi connectivity index (χ3v) is 2.56. The summed E-state index contributed by atoms with van der Waals surface area (Å²) >= 11 is 0. The zero-order valence-corrected chi connectivity index (χ0v) is 10.6. The van der Waals surface area contributed by atoms with Crippen LogP contribution in [0.2, 0.25) is 0 Å². The Hall–Kier alpha value is -2.04. The SMILES string of the molecule is CCCc1noc(NCc2ccccc2OC)n1.